The highest BCUT2D eigenvalue weighted by Crippen LogP contribution is 2.31. The summed E-state index contributed by atoms with van der Waals surface area (Å²) in [5.74, 6) is 0.609. The Kier molecular flexibility index (Phi) is 4.77. The van der Waals surface area contributed by atoms with E-state index in [1.54, 1.807) is 25.1 Å². The van der Waals surface area contributed by atoms with Crippen molar-refractivity contribution in [1.29, 1.82) is 0 Å². The monoisotopic (exact) mass is 379 g/mol. The standard InChI is InChI=1S/C22H21NO5/c1-13-21(16-5-3-4-6-17(16)23-13)22(25)14(2)28-20(24)12-15-7-8-18-19(11-15)27-10-9-26-18/h3-8,11,14,23H,9-10,12H2,1-2H3. The predicted octanol–water partition coefficient (Wildman–Crippen LogP) is 3.60. The summed E-state index contributed by atoms with van der Waals surface area (Å²) in [6, 6.07) is 12.9. The maximum absolute atomic E-state index is 12.9. The number of ether oxygens (including phenoxy) is 3. The molecule has 1 aliphatic heterocycles. The molecule has 1 N–H and O–H groups in total. The molecule has 0 fully saturated rings. The second-order valence-corrected chi connectivity index (χ2v) is 6.82. The lowest BCUT2D eigenvalue weighted by molar-refractivity contribution is -0.145. The van der Waals surface area contributed by atoms with E-state index in [-0.39, 0.29) is 12.2 Å². The lowest BCUT2D eigenvalue weighted by Crippen LogP contribution is -2.25. The first-order chi connectivity index (χ1) is 13.5. The van der Waals surface area contributed by atoms with E-state index in [9.17, 15) is 9.59 Å². The number of rotatable bonds is 5. The normalized spacial score (nSPS) is 13.9. The van der Waals surface area contributed by atoms with Gasteiger partial charge in [-0.15, -0.1) is 0 Å². The number of aromatic amines is 1. The largest absolute Gasteiger partial charge is 0.486 e. The van der Waals surface area contributed by atoms with Crippen LogP contribution in [0.1, 0.15) is 28.5 Å². The molecule has 0 bridgehead atoms. The average Bonchev–Trinajstić information content (AvgIpc) is 3.02. The maximum Gasteiger partial charge on any atom is 0.310 e. The number of fused-ring (bicyclic) bond motifs is 2. The third-order valence-electron chi connectivity index (χ3n) is 4.77. The Morgan fingerprint density at radius 2 is 1.86 bits per heavy atom. The molecule has 0 saturated heterocycles. The number of Topliss-reactive ketones (excluding diaryl/α,β-unsaturated/α-hetero) is 1. The fourth-order valence-electron chi connectivity index (χ4n) is 3.45. The second-order valence-electron chi connectivity index (χ2n) is 6.82. The summed E-state index contributed by atoms with van der Waals surface area (Å²) in [5, 5.41) is 0.833. The van der Waals surface area contributed by atoms with Crippen LogP contribution in [0.25, 0.3) is 10.9 Å². The van der Waals surface area contributed by atoms with Gasteiger partial charge in [0.1, 0.15) is 13.2 Å². The lowest BCUT2D eigenvalue weighted by atomic mass is 10.0. The van der Waals surface area contributed by atoms with E-state index in [2.05, 4.69) is 4.98 Å². The number of H-pyrrole nitrogens is 1. The molecule has 2 heterocycles. The molecule has 0 aliphatic carbocycles. The zero-order valence-electron chi connectivity index (χ0n) is 15.8. The number of benzene rings is 2. The van der Waals surface area contributed by atoms with Gasteiger partial charge in [-0.25, -0.2) is 0 Å². The first-order valence-corrected chi connectivity index (χ1v) is 9.22. The van der Waals surface area contributed by atoms with Crippen LogP contribution in [0, 0.1) is 6.92 Å². The second kappa shape index (κ2) is 7.38. The van der Waals surface area contributed by atoms with Gasteiger partial charge >= 0.3 is 5.97 Å². The molecule has 2 aromatic carbocycles. The third kappa shape index (κ3) is 3.45. The van der Waals surface area contributed by atoms with Crippen molar-refractivity contribution in [3.8, 4) is 11.5 Å². The molecule has 1 unspecified atom stereocenters. The minimum absolute atomic E-state index is 0.0567. The molecule has 0 saturated carbocycles. The van der Waals surface area contributed by atoms with Crippen LogP contribution in [0.3, 0.4) is 0 Å². The summed E-state index contributed by atoms with van der Waals surface area (Å²) in [5.41, 5.74) is 2.96. The number of esters is 1. The van der Waals surface area contributed by atoms with Gasteiger partial charge < -0.3 is 19.2 Å². The van der Waals surface area contributed by atoms with Crippen LogP contribution in [-0.4, -0.2) is 36.1 Å². The van der Waals surface area contributed by atoms with Crippen molar-refractivity contribution in [1.82, 2.24) is 4.98 Å². The molecule has 4 rings (SSSR count). The van der Waals surface area contributed by atoms with Crippen LogP contribution in [0.15, 0.2) is 42.5 Å². The van der Waals surface area contributed by atoms with Gasteiger partial charge in [0, 0.05) is 22.2 Å². The summed E-state index contributed by atoms with van der Waals surface area (Å²) in [7, 11) is 0. The molecule has 1 aromatic heterocycles. The Balaban J connectivity index is 1.45. The smallest absolute Gasteiger partial charge is 0.310 e. The molecule has 0 amide bonds. The van der Waals surface area contributed by atoms with Gasteiger partial charge in [-0.2, -0.15) is 0 Å². The van der Waals surface area contributed by atoms with E-state index < -0.39 is 12.1 Å². The fourth-order valence-corrected chi connectivity index (χ4v) is 3.45. The van der Waals surface area contributed by atoms with Gasteiger partial charge in [0.05, 0.1) is 6.42 Å². The van der Waals surface area contributed by atoms with Crippen LogP contribution in [0.4, 0.5) is 0 Å². The van der Waals surface area contributed by atoms with E-state index in [1.165, 1.54) is 0 Å². The fraction of sp³-hybridized carbons (Fsp3) is 0.273. The van der Waals surface area contributed by atoms with E-state index in [4.69, 9.17) is 14.2 Å². The summed E-state index contributed by atoms with van der Waals surface area (Å²) in [4.78, 5) is 28.4. The van der Waals surface area contributed by atoms with E-state index in [0.717, 1.165) is 22.2 Å². The van der Waals surface area contributed by atoms with Crippen molar-refractivity contribution < 1.29 is 23.8 Å². The number of aromatic nitrogens is 1. The Morgan fingerprint density at radius 3 is 2.68 bits per heavy atom. The van der Waals surface area contributed by atoms with Gasteiger partial charge in [-0.3, -0.25) is 9.59 Å². The summed E-state index contributed by atoms with van der Waals surface area (Å²) >= 11 is 0. The van der Waals surface area contributed by atoms with Crippen LogP contribution >= 0.6 is 0 Å². The highest BCUT2D eigenvalue weighted by Gasteiger charge is 2.24. The molecular weight excluding hydrogens is 358 g/mol. The molecule has 1 aliphatic rings. The number of carbonyl (C=O) groups excluding carboxylic acids is 2. The number of hydrogen-bond donors (Lipinski definition) is 1. The topological polar surface area (TPSA) is 77.6 Å². The van der Waals surface area contributed by atoms with Gasteiger partial charge in [0.2, 0.25) is 5.78 Å². The van der Waals surface area contributed by atoms with Crippen LogP contribution in [-0.2, 0) is 16.0 Å². The maximum atomic E-state index is 12.9. The summed E-state index contributed by atoms with van der Waals surface area (Å²) in [6.07, 6.45) is -0.816. The third-order valence-corrected chi connectivity index (χ3v) is 4.77. The molecule has 0 spiro atoms. The highest BCUT2D eigenvalue weighted by molar-refractivity contribution is 6.11. The van der Waals surface area contributed by atoms with Crippen molar-refractivity contribution in [2.24, 2.45) is 0 Å². The van der Waals surface area contributed by atoms with Gasteiger partial charge in [-0.05, 0) is 37.6 Å². The average molecular weight is 379 g/mol. The Labute approximate surface area is 162 Å². The molecule has 0 radical (unpaired) electrons. The molecule has 1 atom stereocenters. The SMILES string of the molecule is Cc1[nH]c2ccccc2c1C(=O)C(C)OC(=O)Cc1ccc2c(c1)OCCO2. The minimum atomic E-state index is -0.873. The lowest BCUT2D eigenvalue weighted by Gasteiger charge is -2.19. The number of carbonyl (C=O) groups is 2. The highest BCUT2D eigenvalue weighted by atomic mass is 16.6. The Bertz CT molecular complexity index is 1050. The number of ketones is 1. The molecule has 3 aromatic rings. The summed E-state index contributed by atoms with van der Waals surface area (Å²) < 4.78 is 16.4. The molecule has 28 heavy (non-hydrogen) atoms. The Morgan fingerprint density at radius 1 is 1.11 bits per heavy atom. The van der Waals surface area contributed by atoms with Crippen LogP contribution < -0.4 is 9.47 Å². The van der Waals surface area contributed by atoms with Gasteiger partial charge in [0.25, 0.3) is 0 Å². The zero-order chi connectivity index (χ0) is 19.7. The molecule has 144 valence electrons. The number of para-hydroxylation sites is 1. The molecular formula is C22H21NO5. The molecule has 6 heteroatoms. The zero-order valence-corrected chi connectivity index (χ0v) is 15.8. The quantitative estimate of drug-likeness (QED) is 0.541. The van der Waals surface area contributed by atoms with Crippen molar-refractivity contribution in [3.05, 3.63) is 59.3 Å². The van der Waals surface area contributed by atoms with Crippen molar-refractivity contribution >= 4 is 22.7 Å². The molecule has 6 nitrogen and oxygen atoms in total. The number of aryl methyl sites for hydroxylation is 1. The van der Waals surface area contributed by atoms with Crippen LogP contribution in [0.2, 0.25) is 0 Å². The minimum Gasteiger partial charge on any atom is -0.486 e. The number of nitrogens with one attached hydrogen (secondary N) is 1. The first kappa shape index (κ1) is 18.1. The van der Waals surface area contributed by atoms with Crippen molar-refractivity contribution in [3.63, 3.8) is 0 Å². The first-order valence-electron chi connectivity index (χ1n) is 9.22. The van der Waals surface area contributed by atoms with Crippen LogP contribution in [0.5, 0.6) is 11.5 Å². The van der Waals surface area contributed by atoms with E-state index in [0.29, 0.717) is 30.3 Å². The Hall–Kier alpha value is -3.28. The van der Waals surface area contributed by atoms with Crippen molar-refractivity contribution in [2.75, 3.05) is 13.2 Å². The van der Waals surface area contributed by atoms with Crippen molar-refractivity contribution in [2.45, 2.75) is 26.4 Å². The van der Waals surface area contributed by atoms with Gasteiger partial charge in [-0.1, -0.05) is 24.3 Å². The predicted molar refractivity (Wildman–Crippen MR) is 104 cm³/mol. The van der Waals surface area contributed by atoms with E-state index in [1.807, 2.05) is 31.2 Å². The van der Waals surface area contributed by atoms with E-state index >= 15 is 0 Å². The number of hydrogen-bond acceptors (Lipinski definition) is 5. The summed E-state index contributed by atoms with van der Waals surface area (Å²) in [6.45, 7) is 4.44. The van der Waals surface area contributed by atoms with Gasteiger partial charge in [0.15, 0.2) is 17.6 Å².